The molecule has 0 spiro atoms. The molecule has 0 bridgehead atoms. The fourth-order valence-corrected chi connectivity index (χ4v) is 1.03. The van der Waals surface area contributed by atoms with Gasteiger partial charge in [0.05, 0.1) is 0 Å². The van der Waals surface area contributed by atoms with Crippen LogP contribution in [0.1, 0.15) is 12.5 Å². The molecule has 0 unspecified atom stereocenters. The second-order valence-corrected chi connectivity index (χ2v) is 2.46. The predicted molar refractivity (Wildman–Crippen MR) is 56.7 cm³/mol. The molecule has 0 aromatic heterocycles. The summed E-state index contributed by atoms with van der Waals surface area (Å²) in [7, 11) is 0. The van der Waals surface area contributed by atoms with Gasteiger partial charge in [-0.1, -0.05) is 42.3 Å². The van der Waals surface area contributed by atoms with Gasteiger partial charge in [-0.3, -0.25) is 0 Å². The zero-order valence-electron chi connectivity index (χ0n) is 7.54. The second kappa shape index (κ2) is 4.86. The topological polar surface area (TPSA) is 0 Å². The first-order valence-corrected chi connectivity index (χ1v) is 4.07. The predicted octanol–water partition coefficient (Wildman–Crippen LogP) is 2.73. The summed E-state index contributed by atoms with van der Waals surface area (Å²) in [5.74, 6) is 7.82. The van der Waals surface area contributed by atoms with Crippen LogP contribution < -0.4 is 0 Å². The lowest BCUT2D eigenvalue weighted by Crippen LogP contribution is -1.78. The van der Waals surface area contributed by atoms with Gasteiger partial charge in [0, 0.05) is 5.57 Å². The summed E-state index contributed by atoms with van der Waals surface area (Å²) in [6.45, 7) is 1.95. The van der Waals surface area contributed by atoms with Crippen molar-refractivity contribution in [2.24, 2.45) is 0 Å². The van der Waals surface area contributed by atoms with Crippen LogP contribution in [0.25, 0.3) is 5.57 Å². The van der Waals surface area contributed by atoms with Gasteiger partial charge in [-0.25, -0.2) is 0 Å². The largest absolute Gasteiger partial charge is 0.106 e. The Hall–Kier alpha value is -1.92. The van der Waals surface area contributed by atoms with Gasteiger partial charge < -0.3 is 0 Å². The van der Waals surface area contributed by atoms with E-state index >= 15 is 0 Å². The molecule has 1 aromatic rings. The number of hydrogen-bond acceptors (Lipinski definition) is 0. The Labute approximate surface area is 79.3 Å². The molecule has 0 saturated carbocycles. The minimum absolute atomic E-state index is 0.971. The van der Waals surface area contributed by atoms with Crippen LogP contribution in [-0.4, -0.2) is 0 Å². The van der Waals surface area contributed by atoms with Gasteiger partial charge in [-0.2, -0.15) is 0 Å². The van der Waals surface area contributed by atoms with E-state index in [1.54, 1.807) is 0 Å². The number of allylic oxidation sites excluding steroid dienone is 2. The summed E-state index contributed by atoms with van der Waals surface area (Å²) in [6.07, 6.45) is 7.02. The van der Waals surface area contributed by atoms with Crippen molar-refractivity contribution in [3.63, 3.8) is 0 Å². The van der Waals surface area contributed by atoms with E-state index in [1.807, 2.05) is 43.3 Å². The third-order valence-electron chi connectivity index (χ3n) is 1.64. The number of hydrogen-bond donors (Lipinski definition) is 0. The molecule has 0 amide bonds. The van der Waals surface area contributed by atoms with Crippen LogP contribution in [0.4, 0.5) is 0 Å². The Morgan fingerprint density at radius 2 is 2.00 bits per heavy atom. The van der Waals surface area contributed by atoms with Crippen LogP contribution in [0.15, 0.2) is 36.4 Å². The highest BCUT2D eigenvalue weighted by molar-refractivity contribution is 5.79. The van der Waals surface area contributed by atoms with E-state index < -0.39 is 0 Å². The molecule has 0 aliphatic rings. The minimum atomic E-state index is 0.971. The van der Waals surface area contributed by atoms with E-state index in [9.17, 15) is 0 Å². The highest BCUT2D eigenvalue weighted by Gasteiger charge is 1.93. The SMILES string of the molecule is C#CC#C/C(=C/C)c1ccccc1. The summed E-state index contributed by atoms with van der Waals surface area (Å²) in [5.41, 5.74) is 2.08. The number of rotatable bonds is 1. The van der Waals surface area contributed by atoms with E-state index in [1.165, 1.54) is 0 Å². The molecule has 0 heterocycles. The van der Waals surface area contributed by atoms with Crippen LogP contribution in [0.2, 0.25) is 0 Å². The fraction of sp³-hybridized carbons (Fsp3) is 0.0769. The zero-order chi connectivity index (χ0) is 9.52. The molecular formula is C13H10. The van der Waals surface area contributed by atoms with Gasteiger partial charge in [-0.15, -0.1) is 6.42 Å². The van der Waals surface area contributed by atoms with Crippen LogP contribution >= 0.6 is 0 Å². The number of benzene rings is 1. The Balaban J connectivity index is 3.02. The third kappa shape index (κ3) is 2.55. The highest BCUT2D eigenvalue weighted by Crippen LogP contribution is 2.11. The first-order chi connectivity index (χ1) is 6.38. The average Bonchev–Trinajstić information content (AvgIpc) is 2.21. The van der Waals surface area contributed by atoms with E-state index in [0.29, 0.717) is 0 Å². The first-order valence-electron chi connectivity index (χ1n) is 4.07. The Morgan fingerprint density at radius 1 is 1.31 bits per heavy atom. The standard InChI is InChI=1S/C13H10/c1-3-5-9-12(4-2)13-10-7-6-8-11-13/h1,4,6-8,10-11H,2H3/b12-4-. The van der Waals surface area contributed by atoms with Crippen LogP contribution in [-0.2, 0) is 0 Å². The van der Waals surface area contributed by atoms with Gasteiger partial charge in [-0.05, 0) is 24.3 Å². The second-order valence-electron chi connectivity index (χ2n) is 2.46. The van der Waals surface area contributed by atoms with Gasteiger partial charge in [0.15, 0.2) is 0 Å². The molecule has 0 aliphatic carbocycles. The third-order valence-corrected chi connectivity index (χ3v) is 1.64. The van der Waals surface area contributed by atoms with Crippen LogP contribution in [0.3, 0.4) is 0 Å². The molecule has 0 nitrogen and oxygen atoms in total. The van der Waals surface area contributed by atoms with E-state index in [0.717, 1.165) is 11.1 Å². The lowest BCUT2D eigenvalue weighted by atomic mass is 10.1. The van der Waals surface area contributed by atoms with Crippen LogP contribution in [0.5, 0.6) is 0 Å². The molecule has 1 rings (SSSR count). The fourth-order valence-electron chi connectivity index (χ4n) is 1.03. The van der Waals surface area contributed by atoms with Crippen LogP contribution in [0, 0.1) is 24.2 Å². The van der Waals surface area contributed by atoms with Gasteiger partial charge in [0.2, 0.25) is 0 Å². The Morgan fingerprint density at radius 3 is 2.54 bits per heavy atom. The van der Waals surface area contributed by atoms with Crippen molar-refractivity contribution in [3.05, 3.63) is 42.0 Å². The molecule has 13 heavy (non-hydrogen) atoms. The average molecular weight is 166 g/mol. The van der Waals surface area contributed by atoms with E-state index in [-0.39, 0.29) is 0 Å². The molecule has 0 radical (unpaired) electrons. The highest BCUT2D eigenvalue weighted by atomic mass is 14.0. The first kappa shape index (κ1) is 9.17. The van der Waals surface area contributed by atoms with Crippen molar-refractivity contribution >= 4 is 5.57 Å². The Kier molecular flexibility index (Phi) is 3.43. The van der Waals surface area contributed by atoms with Crippen molar-refractivity contribution in [1.82, 2.24) is 0 Å². The van der Waals surface area contributed by atoms with Crippen molar-refractivity contribution in [1.29, 1.82) is 0 Å². The molecule has 0 saturated heterocycles. The van der Waals surface area contributed by atoms with E-state index in [2.05, 4.69) is 17.8 Å². The molecule has 62 valence electrons. The lowest BCUT2D eigenvalue weighted by molar-refractivity contribution is 1.61. The molecule has 0 aliphatic heterocycles. The summed E-state index contributed by atoms with van der Waals surface area (Å²) < 4.78 is 0. The summed E-state index contributed by atoms with van der Waals surface area (Å²) in [5, 5.41) is 0. The maximum Gasteiger partial charge on any atom is 0.0285 e. The molecular weight excluding hydrogens is 156 g/mol. The van der Waals surface area contributed by atoms with Gasteiger partial charge in [0.25, 0.3) is 0 Å². The monoisotopic (exact) mass is 166 g/mol. The Bertz CT molecular complexity index is 391. The maximum atomic E-state index is 5.06. The summed E-state index contributed by atoms with van der Waals surface area (Å²) in [6, 6.07) is 9.97. The lowest BCUT2D eigenvalue weighted by Gasteiger charge is -1.96. The van der Waals surface area contributed by atoms with Crippen molar-refractivity contribution in [2.45, 2.75) is 6.92 Å². The zero-order valence-corrected chi connectivity index (χ0v) is 7.54. The summed E-state index contributed by atoms with van der Waals surface area (Å²) >= 11 is 0. The van der Waals surface area contributed by atoms with Gasteiger partial charge >= 0.3 is 0 Å². The summed E-state index contributed by atoms with van der Waals surface area (Å²) in [4.78, 5) is 0. The normalized spacial score (nSPS) is 9.69. The molecule has 1 aromatic carbocycles. The quantitative estimate of drug-likeness (QED) is 0.563. The van der Waals surface area contributed by atoms with Gasteiger partial charge in [0.1, 0.15) is 0 Å². The van der Waals surface area contributed by atoms with E-state index in [4.69, 9.17) is 6.42 Å². The molecule has 0 fully saturated rings. The van der Waals surface area contributed by atoms with Crippen molar-refractivity contribution in [3.8, 4) is 24.2 Å². The maximum absolute atomic E-state index is 5.06. The molecule has 0 N–H and O–H groups in total. The molecule has 0 atom stereocenters. The molecule has 0 heteroatoms. The number of terminal acetylenes is 1. The van der Waals surface area contributed by atoms with Crippen molar-refractivity contribution in [2.75, 3.05) is 0 Å². The minimum Gasteiger partial charge on any atom is -0.106 e. The smallest absolute Gasteiger partial charge is 0.0285 e. The van der Waals surface area contributed by atoms with Crippen molar-refractivity contribution < 1.29 is 0 Å².